The Labute approximate surface area is 85.6 Å². The van der Waals surface area contributed by atoms with E-state index >= 15 is 0 Å². The summed E-state index contributed by atoms with van der Waals surface area (Å²) in [6, 6.07) is 0.492. The van der Waals surface area contributed by atoms with Gasteiger partial charge in [-0.15, -0.1) is 0 Å². The van der Waals surface area contributed by atoms with Crippen LogP contribution in [-0.2, 0) is 4.79 Å². The maximum absolute atomic E-state index is 12.1. The molecule has 2 aliphatic rings. The molecule has 0 radical (unpaired) electrons. The van der Waals surface area contributed by atoms with Crippen molar-refractivity contribution in [1.82, 2.24) is 4.90 Å². The molecule has 0 aromatic rings. The highest BCUT2D eigenvalue weighted by molar-refractivity contribution is 5.85. The van der Waals surface area contributed by atoms with E-state index in [1.54, 1.807) is 0 Å². The van der Waals surface area contributed by atoms with E-state index in [-0.39, 0.29) is 5.41 Å². The second kappa shape index (κ2) is 3.54. The molecule has 2 saturated carbocycles. The van der Waals surface area contributed by atoms with Gasteiger partial charge in [0.2, 0.25) is 5.91 Å². The van der Waals surface area contributed by atoms with Crippen molar-refractivity contribution in [3.8, 4) is 0 Å². The van der Waals surface area contributed by atoms with Gasteiger partial charge in [0.15, 0.2) is 0 Å². The van der Waals surface area contributed by atoms with E-state index in [1.165, 1.54) is 25.7 Å². The first-order valence-electron chi connectivity index (χ1n) is 5.67. The summed E-state index contributed by atoms with van der Waals surface area (Å²) in [5, 5.41) is 0. The smallest absolute Gasteiger partial charge is 0.230 e. The topological polar surface area (TPSA) is 46.3 Å². The van der Waals surface area contributed by atoms with Crippen molar-refractivity contribution in [2.24, 2.45) is 11.1 Å². The molecule has 0 unspecified atom stereocenters. The molecule has 3 heteroatoms. The lowest BCUT2D eigenvalue weighted by Gasteiger charge is -2.28. The van der Waals surface area contributed by atoms with Gasteiger partial charge in [-0.1, -0.05) is 12.8 Å². The minimum absolute atomic E-state index is 0.155. The number of hydrogen-bond donors (Lipinski definition) is 1. The van der Waals surface area contributed by atoms with Crippen molar-refractivity contribution in [1.29, 1.82) is 0 Å². The minimum atomic E-state index is -0.155. The van der Waals surface area contributed by atoms with Crippen molar-refractivity contribution in [2.75, 3.05) is 13.6 Å². The zero-order chi connectivity index (χ0) is 10.2. The molecule has 0 heterocycles. The van der Waals surface area contributed by atoms with Crippen LogP contribution in [0.2, 0.25) is 0 Å². The molecule has 0 aliphatic heterocycles. The molecule has 2 rings (SSSR count). The van der Waals surface area contributed by atoms with Crippen LogP contribution >= 0.6 is 0 Å². The summed E-state index contributed by atoms with van der Waals surface area (Å²) in [6.07, 6.45) is 6.92. The third-order valence-electron chi connectivity index (χ3n) is 3.89. The lowest BCUT2D eigenvalue weighted by Crippen LogP contribution is -2.42. The summed E-state index contributed by atoms with van der Waals surface area (Å²) < 4.78 is 0. The van der Waals surface area contributed by atoms with Gasteiger partial charge in [0.1, 0.15) is 0 Å². The molecule has 2 N–H and O–H groups in total. The molecular weight excluding hydrogens is 176 g/mol. The number of carbonyl (C=O) groups is 1. The fourth-order valence-corrected chi connectivity index (χ4v) is 2.49. The molecule has 0 spiro atoms. The summed E-state index contributed by atoms with van der Waals surface area (Å²) in [5.74, 6) is 0.298. The van der Waals surface area contributed by atoms with Crippen LogP contribution in [0.1, 0.15) is 38.5 Å². The van der Waals surface area contributed by atoms with Gasteiger partial charge in [-0.2, -0.15) is 0 Å². The Morgan fingerprint density at radius 2 is 2.00 bits per heavy atom. The number of nitrogens with zero attached hydrogens (tertiary/aromatic N) is 1. The molecule has 14 heavy (non-hydrogen) atoms. The average Bonchev–Trinajstić information content (AvgIpc) is 2.82. The Kier molecular flexibility index (Phi) is 2.52. The van der Waals surface area contributed by atoms with Crippen LogP contribution in [0.15, 0.2) is 0 Å². The SMILES string of the molecule is CN(C(=O)C1(CN)CC1)C1CCCC1. The molecule has 0 aromatic carbocycles. The van der Waals surface area contributed by atoms with Gasteiger partial charge in [0.05, 0.1) is 5.41 Å². The third kappa shape index (κ3) is 1.54. The van der Waals surface area contributed by atoms with Crippen LogP contribution in [0.4, 0.5) is 0 Å². The van der Waals surface area contributed by atoms with Crippen LogP contribution in [0.25, 0.3) is 0 Å². The highest BCUT2D eigenvalue weighted by Gasteiger charge is 2.50. The molecule has 0 bridgehead atoms. The molecule has 80 valence electrons. The van der Waals surface area contributed by atoms with Gasteiger partial charge in [-0.05, 0) is 25.7 Å². The van der Waals surface area contributed by atoms with Crippen molar-refractivity contribution in [2.45, 2.75) is 44.6 Å². The monoisotopic (exact) mass is 196 g/mol. The summed E-state index contributed by atoms with van der Waals surface area (Å²) in [4.78, 5) is 14.1. The summed E-state index contributed by atoms with van der Waals surface area (Å²) in [6.45, 7) is 0.531. The minimum Gasteiger partial charge on any atom is -0.342 e. The van der Waals surface area contributed by atoms with E-state index in [4.69, 9.17) is 5.73 Å². The predicted molar refractivity (Wildman–Crippen MR) is 55.7 cm³/mol. The largest absolute Gasteiger partial charge is 0.342 e. The van der Waals surface area contributed by atoms with Gasteiger partial charge in [-0.3, -0.25) is 4.79 Å². The molecule has 2 fully saturated rings. The number of rotatable bonds is 3. The second-order valence-corrected chi connectivity index (χ2v) is 4.84. The van der Waals surface area contributed by atoms with Gasteiger partial charge in [-0.25, -0.2) is 0 Å². The molecule has 0 aromatic heterocycles. The Bertz CT molecular complexity index is 229. The Morgan fingerprint density at radius 3 is 2.43 bits per heavy atom. The van der Waals surface area contributed by atoms with E-state index in [1.807, 2.05) is 11.9 Å². The van der Waals surface area contributed by atoms with Crippen molar-refractivity contribution < 1.29 is 4.79 Å². The van der Waals surface area contributed by atoms with Crippen LogP contribution in [0.5, 0.6) is 0 Å². The lowest BCUT2D eigenvalue weighted by atomic mass is 10.0. The summed E-state index contributed by atoms with van der Waals surface area (Å²) in [5.41, 5.74) is 5.50. The number of amides is 1. The molecule has 0 atom stereocenters. The van der Waals surface area contributed by atoms with E-state index < -0.39 is 0 Å². The molecule has 2 aliphatic carbocycles. The van der Waals surface area contributed by atoms with Gasteiger partial charge in [0.25, 0.3) is 0 Å². The number of carbonyl (C=O) groups excluding carboxylic acids is 1. The second-order valence-electron chi connectivity index (χ2n) is 4.84. The van der Waals surface area contributed by atoms with Crippen molar-refractivity contribution >= 4 is 5.91 Å². The van der Waals surface area contributed by atoms with E-state index in [9.17, 15) is 4.79 Å². The van der Waals surface area contributed by atoms with Gasteiger partial charge < -0.3 is 10.6 Å². The van der Waals surface area contributed by atoms with Crippen LogP contribution in [0.3, 0.4) is 0 Å². The quantitative estimate of drug-likeness (QED) is 0.735. The van der Waals surface area contributed by atoms with Crippen molar-refractivity contribution in [3.63, 3.8) is 0 Å². The first-order chi connectivity index (χ1) is 6.69. The molecule has 3 nitrogen and oxygen atoms in total. The zero-order valence-corrected chi connectivity index (χ0v) is 8.96. The zero-order valence-electron chi connectivity index (χ0n) is 8.96. The summed E-state index contributed by atoms with van der Waals surface area (Å²) >= 11 is 0. The number of hydrogen-bond acceptors (Lipinski definition) is 2. The van der Waals surface area contributed by atoms with E-state index in [0.717, 1.165) is 12.8 Å². The van der Waals surface area contributed by atoms with Crippen molar-refractivity contribution in [3.05, 3.63) is 0 Å². The maximum atomic E-state index is 12.1. The fraction of sp³-hybridized carbons (Fsp3) is 0.909. The summed E-state index contributed by atoms with van der Waals surface area (Å²) in [7, 11) is 1.95. The van der Waals surface area contributed by atoms with Gasteiger partial charge in [0, 0.05) is 19.6 Å². The number of nitrogens with two attached hydrogens (primary N) is 1. The Hall–Kier alpha value is -0.570. The van der Waals surface area contributed by atoms with Crippen LogP contribution in [-0.4, -0.2) is 30.4 Å². The first-order valence-corrected chi connectivity index (χ1v) is 5.67. The third-order valence-corrected chi connectivity index (χ3v) is 3.89. The van der Waals surface area contributed by atoms with Gasteiger partial charge >= 0.3 is 0 Å². The Morgan fingerprint density at radius 1 is 1.43 bits per heavy atom. The highest BCUT2D eigenvalue weighted by Crippen LogP contribution is 2.46. The molecule has 0 saturated heterocycles. The first kappa shape index (κ1) is 9.97. The van der Waals surface area contributed by atoms with E-state index in [2.05, 4.69) is 0 Å². The normalized spacial score (nSPS) is 25.0. The standard InChI is InChI=1S/C11H20N2O/c1-13(9-4-2-3-5-9)10(14)11(8-12)6-7-11/h9H,2-8,12H2,1H3. The van der Waals surface area contributed by atoms with Crippen LogP contribution < -0.4 is 5.73 Å². The maximum Gasteiger partial charge on any atom is 0.230 e. The van der Waals surface area contributed by atoms with E-state index in [0.29, 0.717) is 18.5 Å². The molecular formula is C11H20N2O. The molecule has 1 amide bonds. The average molecular weight is 196 g/mol. The highest BCUT2D eigenvalue weighted by atomic mass is 16.2. The predicted octanol–water partition coefficient (Wildman–Crippen LogP) is 1.13. The fourth-order valence-electron chi connectivity index (χ4n) is 2.49. The lowest BCUT2D eigenvalue weighted by molar-refractivity contribution is -0.137. The van der Waals surface area contributed by atoms with Crippen LogP contribution in [0, 0.1) is 5.41 Å². The Balaban J connectivity index is 1.96.